The predicted octanol–water partition coefficient (Wildman–Crippen LogP) is 4.96. The Kier molecular flexibility index (Phi) is 6.21. The third kappa shape index (κ3) is 5.84. The van der Waals surface area contributed by atoms with Gasteiger partial charge in [-0.15, -0.1) is 0 Å². The number of benzene rings is 2. The fourth-order valence-corrected chi connectivity index (χ4v) is 2.54. The summed E-state index contributed by atoms with van der Waals surface area (Å²) in [4.78, 5) is 9.46. The smallest absolute Gasteiger partial charge is 0.416 e. The van der Waals surface area contributed by atoms with E-state index in [2.05, 4.69) is 10.1 Å². The molecule has 3 rings (SSSR count). The molecule has 0 spiro atoms. The van der Waals surface area contributed by atoms with E-state index in [4.69, 9.17) is 9.57 Å². The van der Waals surface area contributed by atoms with Crippen molar-refractivity contribution in [3.05, 3.63) is 83.4 Å². The largest absolute Gasteiger partial charge is 0.487 e. The first-order valence-corrected chi connectivity index (χ1v) is 8.84. The van der Waals surface area contributed by atoms with E-state index in [0.717, 1.165) is 23.4 Å². The molecule has 0 aliphatic rings. The van der Waals surface area contributed by atoms with E-state index in [1.807, 2.05) is 42.1 Å². The van der Waals surface area contributed by atoms with E-state index in [0.29, 0.717) is 23.6 Å². The minimum absolute atomic E-state index is 0.0841. The van der Waals surface area contributed by atoms with Crippen molar-refractivity contribution in [1.29, 1.82) is 0 Å². The summed E-state index contributed by atoms with van der Waals surface area (Å²) in [5, 5.41) is 4.03. The molecule has 0 bridgehead atoms. The van der Waals surface area contributed by atoms with Crippen LogP contribution < -0.4 is 4.74 Å². The lowest BCUT2D eigenvalue weighted by Crippen LogP contribution is -2.04. The zero-order chi connectivity index (χ0) is 20.9. The van der Waals surface area contributed by atoms with Crippen LogP contribution in [0.5, 0.6) is 5.75 Å². The molecule has 0 N–H and O–H groups in total. The summed E-state index contributed by atoms with van der Waals surface area (Å²) in [6.07, 6.45) is -0.743. The normalized spacial score (nSPS) is 12.1. The number of oxime groups is 1. The van der Waals surface area contributed by atoms with Crippen LogP contribution in [-0.2, 0) is 31.3 Å². The lowest BCUT2D eigenvalue weighted by Gasteiger charge is -2.08. The number of aryl methyl sites for hydroxylation is 1. The average Bonchev–Trinajstić information content (AvgIpc) is 3.11. The molecule has 0 saturated heterocycles. The molecule has 0 atom stereocenters. The molecule has 0 unspecified atom stereocenters. The van der Waals surface area contributed by atoms with Crippen LogP contribution in [0.3, 0.4) is 0 Å². The van der Waals surface area contributed by atoms with Gasteiger partial charge < -0.3 is 14.1 Å². The van der Waals surface area contributed by atoms with Crippen molar-refractivity contribution in [2.24, 2.45) is 12.2 Å². The van der Waals surface area contributed by atoms with Gasteiger partial charge in [0, 0.05) is 13.2 Å². The Bertz CT molecular complexity index is 962. The van der Waals surface area contributed by atoms with Gasteiger partial charge in [0.1, 0.15) is 19.0 Å². The van der Waals surface area contributed by atoms with Crippen LogP contribution in [0.15, 0.2) is 66.2 Å². The van der Waals surface area contributed by atoms with Gasteiger partial charge in [-0.3, -0.25) is 0 Å². The second-order valence-electron chi connectivity index (χ2n) is 6.49. The van der Waals surface area contributed by atoms with Crippen molar-refractivity contribution in [2.75, 3.05) is 0 Å². The first-order chi connectivity index (χ1) is 13.8. The van der Waals surface area contributed by atoms with Crippen molar-refractivity contribution in [1.82, 2.24) is 9.55 Å². The molecule has 0 saturated carbocycles. The minimum atomic E-state index is -4.35. The van der Waals surface area contributed by atoms with Gasteiger partial charge >= 0.3 is 6.18 Å². The molecule has 1 aromatic heterocycles. The second-order valence-corrected chi connectivity index (χ2v) is 6.49. The van der Waals surface area contributed by atoms with Gasteiger partial charge in [0.25, 0.3) is 0 Å². The summed E-state index contributed by atoms with van der Waals surface area (Å²) in [7, 11) is 1.90. The van der Waals surface area contributed by atoms with Gasteiger partial charge in [0.05, 0.1) is 23.3 Å². The predicted molar refractivity (Wildman–Crippen MR) is 102 cm³/mol. The third-order valence-corrected chi connectivity index (χ3v) is 4.13. The molecule has 5 nitrogen and oxygen atoms in total. The first kappa shape index (κ1) is 20.4. The second kappa shape index (κ2) is 8.81. The quantitative estimate of drug-likeness (QED) is 0.414. The Hall–Kier alpha value is -3.29. The number of aromatic nitrogens is 2. The van der Waals surface area contributed by atoms with Crippen LogP contribution in [0.1, 0.15) is 29.3 Å². The van der Waals surface area contributed by atoms with Crippen LogP contribution in [0.4, 0.5) is 13.2 Å². The Labute approximate surface area is 166 Å². The molecule has 0 radical (unpaired) electrons. The van der Waals surface area contributed by atoms with Gasteiger partial charge in [-0.05, 0) is 54.4 Å². The van der Waals surface area contributed by atoms with Crippen LogP contribution >= 0.6 is 0 Å². The molecular formula is C21H20F3N3O2. The molecule has 0 aliphatic carbocycles. The molecule has 152 valence electrons. The van der Waals surface area contributed by atoms with Gasteiger partial charge in [-0.25, -0.2) is 4.98 Å². The fourth-order valence-electron chi connectivity index (χ4n) is 2.54. The number of hydrogen-bond acceptors (Lipinski definition) is 4. The van der Waals surface area contributed by atoms with Crippen molar-refractivity contribution in [2.45, 2.75) is 26.3 Å². The van der Waals surface area contributed by atoms with Gasteiger partial charge in [0.15, 0.2) is 0 Å². The van der Waals surface area contributed by atoms with Crippen molar-refractivity contribution >= 4 is 5.71 Å². The Morgan fingerprint density at radius 2 is 1.72 bits per heavy atom. The highest BCUT2D eigenvalue weighted by molar-refractivity contribution is 5.98. The SMILES string of the molecule is C/C(=N\OCc1ccc(C(F)(F)F)cc1)c1ccc(OCc2cn(C)cn2)cc1. The topological polar surface area (TPSA) is 48.6 Å². The van der Waals surface area contributed by atoms with Gasteiger partial charge in [-0.2, -0.15) is 13.2 Å². The van der Waals surface area contributed by atoms with E-state index >= 15 is 0 Å². The number of rotatable bonds is 7. The van der Waals surface area contributed by atoms with Crippen molar-refractivity contribution in [3.8, 4) is 5.75 Å². The van der Waals surface area contributed by atoms with Gasteiger partial charge in [0.2, 0.25) is 0 Å². The maximum atomic E-state index is 12.6. The van der Waals surface area contributed by atoms with Crippen LogP contribution in [0.2, 0.25) is 0 Å². The Morgan fingerprint density at radius 3 is 2.31 bits per heavy atom. The molecule has 3 aromatic rings. The first-order valence-electron chi connectivity index (χ1n) is 8.84. The highest BCUT2D eigenvalue weighted by atomic mass is 19.4. The molecule has 0 aliphatic heterocycles. The Balaban J connectivity index is 1.51. The number of alkyl halides is 3. The van der Waals surface area contributed by atoms with E-state index in [9.17, 15) is 13.2 Å². The van der Waals surface area contributed by atoms with E-state index in [1.54, 1.807) is 13.3 Å². The van der Waals surface area contributed by atoms with Crippen molar-refractivity contribution in [3.63, 3.8) is 0 Å². The fraction of sp³-hybridized carbons (Fsp3) is 0.238. The zero-order valence-electron chi connectivity index (χ0n) is 16.0. The third-order valence-electron chi connectivity index (χ3n) is 4.13. The van der Waals surface area contributed by atoms with Crippen LogP contribution in [0.25, 0.3) is 0 Å². The van der Waals surface area contributed by atoms with E-state index in [-0.39, 0.29) is 6.61 Å². The molecule has 8 heteroatoms. The molecule has 29 heavy (non-hydrogen) atoms. The average molecular weight is 403 g/mol. The molecule has 0 amide bonds. The van der Waals surface area contributed by atoms with Crippen molar-refractivity contribution < 1.29 is 22.7 Å². The highest BCUT2D eigenvalue weighted by Crippen LogP contribution is 2.29. The zero-order valence-corrected chi connectivity index (χ0v) is 16.0. The molecular weight excluding hydrogens is 383 g/mol. The number of nitrogens with zero attached hydrogens (tertiary/aromatic N) is 3. The highest BCUT2D eigenvalue weighted by Gasteiger charge is 2.29. The maximum absolute atomic E-state index is 12.6. The summed E-state index contributed by atoms with van der Waals surface area (Å²) < 4.78 is 45.2. The number of hydrogen-bond donors (Lipinski definition) is 0. The summed E-state index contributed by atoms with van der Waals surface area (Å²) in [6, 6.07) is 12.2. The number of imidazole rings is 1. The molecule has 0 fully saturated rings. The van der Waals surface area contributed by atoms with E-state index < -0.39 is 11.7 Å². The summed E-state index contributed by atoms with van der Waals surface area (Å²) >= 11 is 0. The number of ether oxygens (including phenoxy) is 1. The van der Waals surface area contributed by atoms with Gasteiger partial charge in [-0.1, -0.05) is 17.3 Å². The summed E-state index contributed by atoms with van der Waals surface area (Å²) in [5.74, 6) is 0.706. The lowest BCUT2D eigenvalue weighted by molar-refractivity contribution is -0.137. The maximum Gasteiger partial charge on any atom is 0.416 e. The molecule has 1 heterocycles. The minimum Gasteiger partial charge on any atom is -0.487 e. The standard InChI is InChI=1S/C21H20F3N3O2/c1-15(26-29-12-16-3-7-18(8-4-16)21(22,23)24)17-5-9-20(10-6-17)28-13-19-11-27(2)14-25-19/h3-11,14H,12-13H2,1-2H3/b26-15+. The van der Waals surface area contributed by atoms with Crippen LogP contribution in [0, 0.1) is 0 Å². The number of halogens is 3. The summed E-state index contributed by atoms with van der Waals surface area (Å²) in [6.45, 7) is 2.25. The lowest BCUT2D eigenvalue weighted by atomic mass is 10.1. The van der Waals surface area contributed by atoms with E-state index in [1.165, 1.54) is 12.1 Å². The summed E-state index contributed by atoms with van der Waals surface area (Å²) in [5.41, 5.74) is 2.25. The Morgan fingerprint density at radius 1 is 1.03 bits per heavy atom. The monoisotopic (exact) mass is 403 g/mol. The molecule has 2 aromatic carbocycles. The van der Waals surface area contributed by atoms with Crippen LogP contribution in [-0.4, -0.2) is 15.3 Å².